The second-order valence-electron chi connectivity index (χ2n) is 5.13. The standard InChI is InChI=1S/C15H19F2NO3/c16-12-5-7-18(8-6-12)9-10-21-13-3-1-11(2-4-13)14(17)15(19)20/h1-4,12,14H,5-10H2,(H,19,20). The summed E-state index contributed by atoms with van der Waals surface area (Å²) in [4.78, 5) is 12.7. The number of nitrogens with zero attached hydrogens (tertiary/aromatic N) is 1. The Kier molecular flexibility index (Phi) is 5.50. The van der Waals surface area contributed by atoms with Crippen LogP contribution in [0.1, 0.15) is 24.6 Å². The summed E-state index contributed by atoms with van der Waals surface area (Å²) in [6.07, 6.45) is -1.55. The number of carboxylic acid groups (broad SMARTS) is 1. The van der Waals surface area contributed by atoms with Crippen molar-refractivity contribution in [1.82, 2.24) is 4.90 Å². The van der Waals surface area contributed by atoms with Gasteiger partial charge >= 0.3 is 5.97 Å². The van der Waals surface area contributed by atoms with Crippen LogP contribution in [0, 0.1) is 0 Å². The number of hydrogen-bond acceptors (Lipinski definition) is 3. The van der Waals surface area contributed by atoms with E-state index in [0.717, 1.165) is 19.6 Å². The van der Waals surface area contributed by atoms with Crippen LogP contribution in [0.5, 0.6) is 5.75 Å². The van der Waals surface area contributed by atoms with Gasteiger partial charge < -0.3 is 9.84 Å². The van der Waals surface area contributed by atoms with Crippen LogP contribution < -0.4 is 4.74 Å². The molecule has 1 fully saturated rings. The van der Waals surface area contributed by atoms with Gasteiger partial charge in [-0.25, -0.2) is 13.6 Å². The van der Waals surface area contributed by atoms with E-state index in [2.05, 4.69) is 4.90 Å². The molecule has 1 atom stereocenters. The molecule has 1 heterocycles. The number of hydrogen-bond donors (Lipinski definition) is 1. The van der Waals surface area contributed by atoms with E-state index >= 15 is 0 Å². The van der Waals surface area contributed by atoms with Crippen LogP contribution in [-0.4, -0.2) is 48.4 Å². The van der Waals surface area contributed by atoms with E-state index in [4.69, 9.17) is 9.84 Å². The number of halogens is 2. The molecule has 1 aromatic rings. The molecule has 4 nitrogen and oxygen atoms in total. The molecule has 0 saturated carbocycles. The van der Waals surface area contributed by atoms with Gasteiger partial charge in [-0.15, -0.1) is 0 Å². The van der Waals surface area contributed by atoms with Crippen LogP contribution in [0.3, 0.4) is 0 Å². The van der Waals surface area contributed by atoms with Gasteiger partial charge in [-0.05, 0) is 30.5 Å². The maximum absolute atomic E-state index is 13.2. The van der Waals surface area contributed by atoms with E-state index in [1.54, 1.807) is 12.1 Å². The summed E-state index contributed by atoms with van der Waals surface area (Å²) in [6, 6.07) is 5.92. The predicted molar refractivity (Wildman–Crippen MR) is 74.0 cm³/mol. The molecule has 1 N–H and O–H groups in total. The zero-order valence-corrected chi connectivity index (χ0v) is 11.7. The lowest BCUT2D eigenvalue weighted by Gasteiger charge is -2.28. The van der Waals surface area contributed by atoms with Gasteiger partial charge in [0.05, 0.1) is 0 Å². The molecule has 1 saturated heterocycles. The monoisotopic (exact) mass is 299 g/mol. The molecule has 0 radical (unpaired) electrons. The molecule has 0 amide bonds. The highest BCUT2D eigenvalue weighted by molar-refractivity contribution is 5.74. The Morgan fingerprint density at radius 3 is 2.52 bits per heavy atom. The first-order chi connectivity index (χ1) is 10.1. The number of likely N-dealkylation sites (tertiary alicyclic amines) is 1. The van der Waals surface area contributed by atoms with Gasteiger partial charge in [0.1, 0.15) is 18.5 Å². The molecule has 1 aliphatic rings. The van der Waals surface area contributed by atoms with Gasteiger partial charge in [-0.3, -0.25) is 4.90 Å². The molecule has 1 aromatic carbocycles. The van der Waals surface area contributed by atoms with Crippen molar-refractivity contribution < 1.29 is 23.4 Å². The smallest absolute Gasteiger partial charge is 0.343 e. The largest absolute Gasteiger partial charge is 0.492 e. The Hall–Kier alpha value is -1.69. The molecule has 0 bridgehead atoms. The quantitative estimate of drug-likeness (QED) is 0.877. The number of carbonyl (C=O) groups is 1. The van der Waals surface area contributed by atoms with E-state index in [0.29, 0.717) is 25.2 Å². The van der Waals surface area contributed by atoms with Crippen LogP contribution in [0.4, 0.5) is 8.78 Å². The van der Waals surface area contributed by atoms with Gasteiger partial charge in [0, 0.05) is 19.6 Å². The third-order valence-electron chi connectivity index (χ3n) is 3.58. The fraction of sp³-hybridized carbons (Fsp3) is 0.533. The summed E-state index contributed by atoms with van der Waals surface area (Å²) in [6.45, 7) is 2.67. The average molecular weight is 299 g/mol. The number of carboxylic acids is 1. The van der Waals surface area contributed by atoms with Crippen molar-refractivity contribution in [2.45, 2.75) is 25.2 Å². The minimum absolute atomic E-state index is 0.0971. The Labute approximate surface area is 122 Å². The van der Waals surface area contributed by atoms with E-state index in [9.17, 15) is 13.6 Å². The van der Waals surface area contributed by atoms with Crippen molar-refractivity contribution >= 4 is 5.97 Å². The first-order valence-corrected chi connectivity index (χ1v) is 7.02. The molecule has 6 heteroatoms. The highest BCUT2D eigenvalue weighted by atomic mass is 19.1. The van der Waals surface area contributed by atoms with E-state index in [-0.39, 0.29) is 5.56 Å². The third kappa shape index (κ3) is 4.67. The number of aliphatic carboxylic acids is 1. The van der Waals surface area contributed by atoms with Crippen LogP contribution in [0.25, 0.3) is 0 Å². The van der Waals surface area contributed by atoms with Gasteiger partial charge in [-0.2, -0.15) is 0 Å². The third-order valence-corrected chi connectivity index (χ3v) is 3.58. The SMILES string of the molecule is O=C(O)C(F)c1ccc(OCCN2CCC(F)CC2)cc1. The van der Waals surface area contributed by atoms with Crippen LogP contribution in [0.15, 0.2) is 24.3 Å². The lowest BCUT2D eigenvalue weighted by atomic mass is 10.1. The first-order valence-electron chi connectivity index (χ1n) is 7.02. The fourth-order valence-electron chi connectivity index (χ4n) is 2.29. The van der Waals surface area contributed by atoms with Crippen molar-refractivity contribution in [2.75, 3.05) is 26.2 Å². The van der Waals surface area contributed by atoms with E-state index in [1.807, 2.05) is 0 Å². The van der Waals surface area contributed by atoms with Crippen molar-refractivity contribution in [3.8, 4) is 5.75 Å². The van der Waals surface area contributed by atoms with E-state index in [1.165, 1.54) is 12.1 Å². The molecule has 21 heavy (non-hydrogen) atoms. The Morgan fingerprint density at radius 2 is 1.95 bits per heavy atom. The summed E-state index contributed by atoms with van der Waals surface area (Å²) in [7, 11) is 0. The number of alkyl halides is 2. The zero-order valence-electron chi connectivity index (χ0n) is 11.7. The molecule has 0 aliphatic carbocycles. The maximum atomic E-state index is 13.2. The zero-order chi connectivity index (χ0) is 15.2. The number of rotatable bonds is 6. The van der Waals surface area contributed by atoms with Crippen LogP contribution >= 0.6 is 0 Å². The average Bonchev–Trinajstić information content (AvgIpc) is 2.49. The Balaban J connectivity index is 1.75. The first kappa shape index (κ1) is 15.7. The number of piperidine rings is 1. The van der Waals surface area contributed by atoms with Crippen molar-refractivity contribution in [3.05, 3.63) is 29.8 Å². The molecule has 0 spiro atoms. The normalized spacial score (nSPS) is 18.4. The summed E-state index contributed by atoms with van der Waals surface area (Å²) < 4.78 is 31.7. The predicted octanol–water partition coefficient (Wildman–Crippen LogP) is 2.59. The summed E-state index contributed by atoms with van der Waals surface area (Å²) in [5, 5.41) is 8.57. The van der Waals surface area contributed by atoms with Crippen LogP contribution in [-0.2, 0) is 4.79 Å². The second kappa shape index (κ2) is 7.36. The van der Waals surface area contributed by atoms with Gasteiger partial charge in [0.15, 0.2) is 0 Å². The topological polar surface area (TPSA) is 49.8 Å². The molecule has 2 rings (SSSR count). The number of ether oxygens (including phenoxy) is 1. The van der Waals surface area contributed by atoms with Crippen molar-refractivity contribution in [2.24, 2.45) is 0 Å². The van der Waals surface area contributed by atoms with E-state index < -0.39 is 18.3 Å². The molecule has 1 unspecified atom stereocenters. The lowest BCUT2D eigenvalue weighted by molar-refractivity contribution is -0.143. The fourth-order valence-corrected chi connectivity index (χ4v) is 2.29. The van der Waals surface area contributed by atoms with Gasteiger partial charge in [-0.1, -0.05) is 12.1 Å². The molecule has 116 valence electrons. The molecule has 1 aliphatic heterocycles. The van der Waals surface area contributed by atoms with Crippen molar-refractivity contribution in [3.63, 3.8) is 0 Å². The minimum atomic E-state index is -2.01. The van der Waals surface area contributed by atoms with Crippen molar-refractivity contribution in [1.29, 1.82) is 0 Å². The highest BCUT2D eigenvalue weighted by Gasteiger charge is 2.19. The Morgan fingerprint density at radius 1 is 1.33 bits per heavy atom. The summed E-state index contributed by atoms with van der Waals surface area (Å²) in [5.41, 5.74) is 0.0971. The van der Waals surface area contributed by atoms with Crippen LogP contribution in [0.2, 0.25) is 0 Å². The highest BCUT2D eigenvalue weighted by Crippen LogP contribution is 2.21. The second-order valence-corrected chi connectivity index (χ2v) is 5.13. The van der Waals surface area contributed by atoms with Gasteiger partial charge in [0.2, 0.25) is 6.17 Å². The Bertz CT molecular complexity index is 458. The molecular formula is C15H19F2NO3. The minimum Gasteiger partial charge on any atom is -0.492 e. The molecular weight excluding hydrogens is 280 g/mol. The lowest BCUT2D eigenvalue weighted by Crippen LogP contribution is -2.37. The summed E-state index contributed by atoms with van der Waals surface area (Å²) in [5.74, 6) is -0.934. The summed E-state index contributed by atoms with van der Waals surface area (Å²) >= 11 is 0. The maximum Gasteiger partial charge on any atom is 0.343 e. The van der Waals surface area contributed by atoms with Gasteiger partial charge in [0.25, 0.3) is 0 Å². The molecule has 0 aromatic heterocycles. The number of benzene rings is 1.